The van der Waals surface area contributed by atoms with Gasteiger partial charge in [0.2, 0.25) is 5.88 Å². The van der Waals surface area contributed by atoms with Gasteiger partial charge in [-0.3, -0.25) is 4.79 Å². The zero-order valence-electron chi connectivity index (χ0n) is 13.7. The number of rotatable bonds is 4. The lowest BCUT2D eigenvalue weighted by molar-refractivity contribution is 0.0968. The Balaban J connectivity index is 1.75. The average molecular weight is 345 g/mol. The number of azo groups is 1. The molecule has 0 bridgehead atoms. The number of nitrogens with zero attached hydrogens (tertiary/aromatic N) is 3. The number of para-hydroxylation sites is 1. The Morgan fingerprint density at radius 1 is 1.00 bits per heavy atom. The zero-order chi connectivity index (χ0) is 17.9. The van der Waals surface area contributed by atoms with Crippen molar-refractivity contribution in [1.82, 2.24) is 4.57 Å². The number of amides is 1. The number of hydrogen-bond donors (Lipinski definition) is 1. The SMILES string of the molecule is O=C(N=Nc1c(O)n(Cc2ccccc2)c2ccccc12)c1ccco1. The molecule has 26 heavy (non-hydrogen) atoms. The summed E-state index contributed by atoms with van der Waals surface area (Å²) in [7, 11) is 0. The largest absolute Gasteiger partial charge is 0.493 e. The van der Waals surface area contributed by atoms with Gasteiger partial charge in [0.25, 0.3) is 0 Å². The van der Waals surface area contributed by atoms with Crippen LogP contribution in [0.3, 0.4) is 0 Å². The van der Waals surface area contributed by atoms with Crippen LogP contribution in [0.25, 0.3) is 10.9 Å². The average Bonchev–Trinajstić information content (AvgIpc) is 3.29. The highest BCUT2D eigenvalue weighted by Gasteiger charge is 2.17. The standard InChI is InChI=1S/C20H15N3O3/c24-19(17-11-6-12-26-17)22-21-18-15-9-4-5-10-16(15)23(20(18)25)13-14-7-2-1-3-8-14/h1-12,25H,13H2. The summed E-state index contributed by atoms with van der Waals surface area (Å²) in [4.78, 5) is 12.0. The number of carbonyl (C=O) groups is 1. The first kappa shape index (κ1) is 15.8. The molecular weight excluding hydrogens is 330 g/mol. The maximum absolute atomic E-state index is 12.0. The van der Waals surface area contributed by atoms with E-state index in [9.17, 15) is 9.90 Å². The van der Waals surface area contributed by atoms with E-state index in [-0.39, 0.29) is 17.3 Å². The lowest BCUT2D eigenvalue weighted by atomic mass is 10.2. The van der Waals surface area contributed by atoms with E-state index in [1.807, 2.05) is 54.6 Å². The van der Waals surface area contributed by atoms with E-state index >= 15 is 0 Å². The number of carbonyl (C=O) groups excluding carboxylic acids is 1. The van der Waals surface area contributed by atoms with Crippen LogP contribution >= 0.6 is 0 Å². The number of aromatic nitrogens is 1. The summed E-state index contributed by atoms with van der Waals surface area (Å²) in [5.74, 6) is -0.540. The third-order valence-electron chi connectivity index (χ3n) is 4.07. The molecule has 0 radical (unpaired) electrons. The fourth-order valence-electron chi connectivity index (χ4n) is 2.84. The van der Waals surface area contributed by atoms with E-state index in [2.05, 4.69) is 10.2 Å². The van der Waals surface area contributed by atoms with E-state index in [0.29, 0.717) is 6.54 Å². The Bertz CT molecular complexity index is 1080. The summed E-state index contributed by atoms with van der Waals surface area (Å²) < 4.78 is 6.76. The van der Waals surface area contributed by atoms with E-state index in [1.54, 1.807) is 10.6 Å². The zero-order valence-corrected chi connectivity index (χ0v) is 13.7. The molecule has 0 aliphatic carbocycles. The Labute approximate surface area is 149 Å². The number of benzene rings is 2. The van der Waals surface area contributed by atoms with Gasteiger partial charge >= 0.3 is 5.91 Å². The molecule has 2 aromatic carbocycles. The number of hydrogen-bond acceptors (Lipinski definition) is 4. The van der Waals surface area contributed by atoms with Crippen LogP contribution in [0.2, 0.25) is 0 Å². The van der Waals surface area contributed by atoms with Gasteiger partial charge in [-0.1, -0.05) is 48.5 Å². The molecule has 0 saturated carbocycles. The lowest BCUT2D eigenvalue weighted by Gasteiger charge is -2.06. The number of furan rings is 1. The summed E-state index contributed by atoms with van der Waals surface area (Å²) >= 11 is 0. The second-order valence-corrected chi connectivity index (χ2v) is 5.74. The molecule has 6 heteroatoms. The quantitative estimate of drug-likeness (QED) is 0.534. The first-order chi connectivity index (χ1) is 12.7. The van der Waals surface area contributed by atoms with Gasteiger partial charge < -0.3 is 14.1 Å². The molecule has 4 rings (SSSR count). The molecule has 4 aromatic rings. The molecule has 0 atom stereocenters. The molecule has 0 aliphatic heterocycles. The van der Waals surface area contributed by atoms with Crippen LogP contribution < -0.4 is 0 Å². The van der Waals surface area contributed by atoms with Crippen LogP contribution in [0, 0.1) is 0 Å². The molecular formula is C20H15N3O3. The Morgan fingerprint density at radius 2 is 1.77 bits per heavy atom. The molecule has 6 nitrogen and oxygen atoms in total. The molecule has 0 aliphatic rings. The minimum absolute atomic E-state index is 0.0361. The highest BCUT2D eigenvalue weighted by Crippen LogP contribution is 2.39. The van der Waals surface area contributed by atoms with Gasteiger partial charge in [0.15, 0.2) is 11.4 Å². The Kier molecular flexibility index (Phi) is 4.07. The third kappa shape index (κ3) is 2.88. The smallest absolute Gasteiger partial charge is 0.331 e. The molecule has 0 saturated heterocycles. The molecule has 0 fully saturated rings. The van der Waals surface area contributed by atoms with Crippen molar-refractivity contribution >= 4 is 22.5 Å². The molecule has 0 unspecified atom stereocenters. The molecule has 1 amide bonds. The van der Waals surface area contributed by atoms with Crippen molar-refractivity contribution in [2.45, 2.75) is 6.54 Å². The van der Waals surface area contributed by atoms with Gasteiger partial charge in [-0.25, -0.2) is 0 Å². The van der Waals surface area contributed by atoms with Gasteiger partial charge in [-0.05, 0) is 23.8 Å². The fraction of sp³-hybridized carbons (Fsp3) is 0.0500. The van der Waals surface area contributed by atoms with Crippen LogP contribution in [0.1, 0.15) is 16.1 Å². The molecule has 1 N–H and O–H groups in total. The highest BCUT2D eigenvalue weighted by atomic mass is 16.3. The first-order valence-corrected chi connectivity index (χ1v) is 8.08. The van der Waals surface area contributed by atoms with Crippen molar-refractivity contribution in [3.63, 3.8) is 0 Å². The summed E-state index contributed by atoms with van der Waals surface area (Å²) in [6.07, 6.45) is 1.39. The Hall–Kier alpha value is -3.67. The molecule has 0 spiro atoms. The second-order valence-electron chi connectivity index (χ2n) is 5.74. The molecule has 2 aromatic heterocycles. The van der Waals surface area contributed by atoms with Crippen LogP contribution in [-0.2, 0) is 6.54 Å². The van der Waals surface area contributed by atoms with Crippen molar-refractivity contribution in [3.05, 3.63) is 84.3 Å². The predicted octanol–water partition coefficient (Wildman–Crippen LogP) is 4.91. The Morgan fingerprint density at radius 3 is 2.54 bits per heavy atom. The monoisotopic (exact) mass is 345 g/mol. The van der Waals surface area contributed by atoms with Crippen molar-refractivity contribution in [3.8, 4) is 5.88 Å². The van der Waals surface area contributed by atoms with Gasteiger partial charge in [0.1, 0.15) is 0 Å². The van der Waals surface area contributed by atoms with Crippen LogP contribution in [0.15, 0.2) is 87.6 Å². The van der Waals surface area contributed by atoms with E-state index < -0.39 is 5.91 Å². The highest BCUT2D eigenvalue weighted by molar-refractivity contribution is 5.96. The summed E-state index contributed by atoms with van der Waals surface area (Å²) in [6.45, 7) is 0.481. The summed E-state index contributed by atoms with van der Waals surface area (Å²) in [5.41, 5.74) is 2.11. The maximum Gasteiger partial charge on any atom is 0.331 e. The fourth-order valence-corrected chi connectivity index (χ4v) is 2.84. The van der Waals surface area contributed by atoms with E-state index in [4.69, 9.17) is 4.42 Å². The maximum atomic E-state index is 12.0. The van der Waals surface area contributed by atoms with Crippen LogP contribution in [-0.4, -0.2) is 15.6 Å². The van der Waals surface area contributed by atoms with Crippen LogP contribution in [0.4, 0.5) is 5.69 Å². The van der Waals surface area contributed by atoms with Gasteiger partial charge in [0.05, 0.1) is 18.3 Å². The molecule has 128 valence electrons. The van der Waals surface area contributed by atoms with Gasteiger partial charge in [0, 0.05) is 5.39 Å². The van der Waals surface area contributed by atoms with Crippen LogP contribution in [0.5, 0.6) is 5.88 Å². The minimum Gasteiger partial charge on any atom is -0.493 e. The van der Waals surface area contributed by atoms with E-state index in [0.717, 1.165) is 16.5 Å². The lowest BCUT2D eigenvalue weighted by Crippen LogP contribution is -1.98. The number of aromatic hydroxyl groups is 1. The normalized spacial score (nSPS) is 11.4. The number of fused-ring (bicyclic) bond motifs is 1. The summed E-state index contributed by atoms with van der Waals surface area (Å²) in [6, 6.07) is 20.4. The van der Waals surface area contributed by atoms with Crippen molar-refractivity contribution in [2.75, 3.05) is 0 Å². The van der Waals surface area contributed by atoms with Crippen molar-refractivity contribution in [2.24, 2.45) is 10.2 Å². The first-order valence-electron chi connectivity index (χ1n) is 8.08. The van der Waals surface area contributed by atoms with Gasteiger partial charge in [-0.2, -0.15) is 0 Å². The second kappa shape index (κ2) is 6.68. The van der Waals surface area contributed by atoms with E-state index in [1.165, 1.54) is 12.3 Å². The van der Waals surface area contributed by atoms with Crippen molar-refractivity contribution in [1.29, 1.82) is 0 Å². The van der Waals surface area contributed by atoms with Gasteiger partial charge in [-0.15, -0.1) is 10.2 Å². The predicted molar refractivity (Wildman–Crippen MR) is 96.7 cm³/mol. The topological polar surface area (TPSA) is 80.1 Å². The molecule has 2 heterocycles. The van der Waals surface area contributed by atoms with Crippen molar-refractivity contribution < 1.29 is 14.3 Å². The minimum atomic E-state index is -0.603. The summed E-state index contributed by atoms with van der Waals surface area (Å²) in [5, 5.41) is 19.1. The third-order valence-corrected chi connectivity index (χ3v) is 4.07.